The largest absolute Gasteiger partial charge is 0.457 e. The fourth-order valence-electron chi connectivity index (χ4n) is 2.32. The number of anilines is 1. The molecule has 146 valence electrons. The molecule has 29 heavy (non-hydrogen) atoms. The van der Waals surface area contributed by atoms with E-state index < -0.39 is 10.8 Å². The van der Waals surface area contributed by atoms with E-state index in [0.29, 0.717) is 22.2 Å². The van der Waals surface area contributed by atoms with Gasteiger partial charge in [0.05, 0.1) is 4.92 Å². The molecule has 7 nitrogen and oxygen atoms in total. The maximum absolute atomic E-state index is 12.2. The number of nitro benzene ring substituents is 1. The molecule has 0 aromatic heterocycles. The van der Waals surface area contributed by atoms with E-state index in [1.54, 1.807) is 48.5 Å². The van der Waals surface area contributed by atoms with Crippen LogP contribution < -0.4 is 15.4 Å². The van der Waals surface area contributed by atoms with Crippen molar-refractivity contribution in [1.82, 2.24) is 5.32 Å². The molecular formula is C20H14ClN3O4S. The molecule has 0 radical (unpaired) electrons. The summed E-state index contributed by atoms with van der Waals surface area (Å²) in [6.07, 6.45) is 0. The molecule has 0 atom stereocenters. The molecule has 0 bridgehead atoms. The third-order valence-electron chi connectivity index (χ3n) is 3.73. The maximum Gasteiger partial charge on any atom is 0.269 e. The summed E-state index contributed by atoms with van der Waals surface area (Å²) in [6, 6.07) is 19.2. The van der Waals surface area contributed by atoms with Gasteiger partial charge in [-0.3, -0.25) is 20.2 Å². The highest BCUT2D eigenvalue weighted by Crippen LogP contribution is 2.24. The second-order valence-corrected chi connectivity index (χ2v) is 6.64. The van der Waals surface area contributed by atoms with Crippen LogP contribution in [0.5, 0.6) is 11.5 Å². The van der Waals surface area contributed by atoms with Crippen molar-refractivity contribution in [3.63, 3.8) is 0 Å². The van der Waals surface area contributed by atoms with Gasteiger partial charge < -0.3 is 10.1 Å². The molecule has 0 saturated heterocycles. The number of carbonyl (C=O) groups excluding carboxylic acids is 1. The summed E-state index contributed by atoms with van der Waals surface area (Å²) in [4.78, 5) is 22.3. The second kappa shape index (κ2) is 9.13. The number of non-ortho nitro benzene ring substituents is 1. The first-order valence-corrected chi connectivity index (χ1v) is 9.09. The number of nitrogens with one attached hydrogen (secondary N) is 2. The summed E-state index contributed by atoms with van der Waals surface area (Å²) in [5.41, 5.74) is 0.817. The number of benzene rings is 3. The Morgan fingerprint density at radius 3 is 2.03 bits per heavy atom. The summed E-state index contributed by atoms with van der Waals surface area (Å²) in [5.74, 6) is 0.805. The lowest BCUT2D eigenvalue weighted by atomic mass is 10.2. The Labute approximate surface area is 176 Å². The van der Waals surface area contributed by atoms with Crippen LogP contribution in [-0.2, 0) is 0 Å². The monoisotopic (exact) mass is 427 g/mol. The van der Waals surface area contributed by atoms with Crippen LogP contribution in [0.1, 0.15) is 10.4 Å². The van der Waals surface area contributed by atoms with E-state index in [1.807, 2.05) is 0 Å². The molecule has 3 rings (SSSR count). The van der Waals surface area contributed by atoms with Crippen LogP contribution in [0.2, 0.25) is 5.02 Å². The Hall–Kier alpha value is -3.49. The number of thiocarbonyl (C=S) groups is 1. The van der Waals surface area contributed by atoms with E-state index in [2.05, 4.69) is 10.6 Å². The lowest BCUT2D eigenvalue weighted by Gasteiger charge is -2.11. The quantitative estimate of drug-likeness (QED) is 0.331. The Bertz CT molecular complexity index is 1040. The number of rotatable bonds is 5. The Morgan fingerprint density at radius 1 is 0.931 bits per heavy atom. The van der Waals surface area contributed by atoms with Gasteiger partial charge in [0, 0.05) is 28.4 Å². The minimum Gasteiger partial charge on any atom is -0.457 e. The minimum absolute atomic E-state index is 0.0943. The molecular weight excluding hydrogens is 414 g/mol. The first kappa shape index (κ1) is 20.2. The van der Waals surface area contributed by atoms with E-state index in [4.69, 9.17) is 28.6 Å². The molecule has 0 aliphatic heterocycles. The lowest BCUT2D eigenvalue weighted by Crippen LogP contribution is -2.34. The number of nitrogens with zero attached hydrogens (tertiary/aromatic N) is 1. The zero-order chi connectivity index (χ0) is 20.8. The first-order chi connectivity index (χ1) is 13.9. The molecule has 0 aliphatic carbocycles. The highest BCUT2D eigenvalue weighted by Gasteiger charge is 2.11. The third kappa shape index (κ3) is 5.74. The molecule has 9 heteroatoms. The minimum atomic E-state index is -0.534. The molecule has 1 amide bonds. The van der Waals surface area contributed by atoms with Crippen LogP contribution in [0.25, 0.3) is 0 Å². The van der Waals surface area contributed by atoms with Gasteiger partial charge >= 0.3 is 0 Å². The van der Waals surface area contributed by atoms with E-state index >= 15 is 0 Å². The van der Waals surface area contributed by atoms with Crippen LogP contribution in [0.4, 0.5) is 11.4 Å². The van der Waals surface area contributed by atoms with E-state index in [0.717, 1.165) is 0 Å². The standard InChI is InChI=1S/C20H14ClN3O4S/c21-14-3-9-17(10-4-14)28-18-11-5-15(6-12-18)22-20(29)23-19(25)13-1-7-16(8-2-13)24(26)27/h1-12H,(H2,22,23,25,29). The van der Waals surface area contributed by atoms with Gasteiger partial charge in [-0.25, -0.2) is 0 Å². The molecule has 0 unspecified atom stereocenters. The highest BCUT2D eigenvalue weighted by molar-refractivity contribution is 7.80. The Balaban J connectivity index is 1.55. The van der Waals surface area contributed by atoms with Crippen molar-refractivity contribution >= 4 is 46.2 Å². The highest BCUT2D eigenvalue weighted by atomic mass is 35.5. The average Bonchev–Trinajstić information content (AvgIpc) is 2.71. The first-order valence-electron chi connectivity index (χ1n) is 8.31. The summed E-state index contributed by atoms with van der Waals surface area (Å²) >= 11 is 11.0. The van der Waals surface area contributed by atoms with Crippen LogP contribution in [-0.4, -0.2) is 15.9 Å². The number of halogens is 1. The molecule has 0 heterocycles. The summed E-state index contributed by atoms with van der Waals surface area (Å²) in [7, 11) is 0. The van der Waals surface area contributed by atoms with Gasteiger partial charge in [0.1, 0.15) is 11.5 Å². The second-order valence-electron chi connectivity index (χ2n) is 5.79. The number of ether oxygens (including phenoxy) is 1. The fraction of sp³-hybridized carbons (Fsp3) is 0. The molecule has 3 aromatic carbocycles. The number of hydrogen-bond donors (Lipinski definition) is 2. The van der Waals surface area contributed by atoms with Gasteiger partial charge in [-0.05, 0) is 72.9 Å². The van der Waals surface area contributed by atoms with Crippen molar-refractivity contribution in [2.24, 2.45) is 0 Å². The predicted octanol–water partition coefficient (Wildman–Crippen LogP) is 5.17. The number of hydrogen-bond acceptors (Lipinski definition) is 5. The van der Waals surface area contributed by atoms with Crippen LogP contribution in [0.3, 0.4) is 0 Å². The van der Waals surface area contributed by atoms with Crippen molar-refractivity contribution in [2.75, 3.05) is 5.32 Å². The molecule has 0 spiro atoms. The molecule has 2 N–H and O–H groups in total. The predicted molar refractivity (Wildman–Crippen MR) is 115 cm³/mol. The Kier molecular flexibility index (Phi) is 6.38. The van der Waals surface area contributed by atoms with Crippen LogP contribution in [0.15, 0.2) is 72.8 Å². The normalized spacial score (nSPS) is 10.1. The van der Waals surface area contributed by atoms with Crippen molar-refractivity contribution in [1.29, 1.82) is 0 Å². The van der Waals surface area contributed by atoms with E-state index in [-0.39, 0.29) is 16.4 Å². The van der Waals surface area contributed by atoms with Crippen molar-refractivity contribution in [2.45, 2.75) is 0 Å². The molecule has 0 fully saturated rings. The third-order valence-corrected chi connectivity index (χ3v) is 4.18. The van der Waals surface area contributed by atoms with Crippen molar-refractivity contribution in [3.05, 3.63) is 93.5 Å². The van der Waals surface area contributed by atoms with Crippen LogP contribution in [0, 0.1) is 10.1 Å². The maximum atomic E-state index is 12.2. The molecule has 0 aliphatic rings. The zero-order valence-corrected chi connectivity index (χ0v) is 16.4. The van der Waals surface area contributed by atoms with Gasteiger partial charge in [0.15, 0.2) is 5.11 Å². The smallest absolute Gasteiger partial charge is 0.269 e. The summed E-state index contributed by atoms with van der Waals surface area (Å²) in [5, 5.41) is 16.8. The summed E-state index contributed by atoms with van der Waals surface area (Å²) in [6.45, 7) is 0. The van der Waals surface area contributed by atoms with E-state index in [9.17, 15) is 14.9 Å². The number of carbonyl (C=O) groups is 1. The van der Waals surface area contributed by atoms with Gasteiger partial charge in [0.25, 0.3) is 11.6 Å². The van der Waals surface area contributed by atoms with Gasteiger partial charge in [-0.2, -0.15) is 0 Å². The topological polar surface area (TPSA) is 93.5 Å². The van der Waals surface area contributed by atoms with Gasteiger partial charge in [-0.15, -0.1) is 0 Å². The van der Waals surface area contributed by atoms with E-state index in [1.165, 1.54) is 24.3 Å². The number of nitro groups is 1. The molecule has 0 saturated carbocycles. The fourth-order valence-corrected chi connectivity index (χ4v) is 2.65. The van der Waals surface area contributed by atoms with Crippen LogP contribution >= 0.6 is 23.8 Å². The number of amides is 1. The molecule has 3 aromatic rings. The summed E-state index contributed by atoms with van der Waals surface area (Å²) < 4.78 is 5.71. The average molecular weight is 428 g/mol. The zero-order valence-electron chi connectivity index (χ0n) is 14.8. The van der Waals surface area contributed by atoms with Crippen molar-refractivity contribution < 1.29 is 14.5 Å². The lowest BCUT2D eigenvalue weighted by molar-refractivity contribution is -0.384. The Morgan fingerprint density at radius 2 is 1.48 bits per heavy atom. The van der Waals surface area contributed by atoms with Gasteiger partial charge in [-0.1, -0.05) is 11.6 Å². The van der Waals surface area contributed by atoms with Crippen molar-refractivity contribution in [3.8, 4) is 11.5 Å². The SMILES string of the molecule is O=C(NC(=S)Nc1ccc(Oc2ccc(Cl)cc2)cc1)c1ccc([N+](=O)[O-])cc1. The van der Waals surface area contributed by atoms with Gasteiger partial charge in [0.2, 0.25) is 0 Å².